The van der Waals surface area contributed by atoms with Gasteiger partial charge in [0.05, 0.1) is 4.90 Å². The van der Waals surface area contributed by atoms with E-state index in [9.17, 15) is 8.42 Å². The Labute approximate surface area is 128 Å². The predicted molar refractivity (Wildman–Crippen MR) is 85.8 cm³/mol. The fourth-order valence-corrected chi connectivity index (χ4v) is 3.28. The fraction of sp³-hybridized carbons (Fsp3) is 0.625. The van der Waals surface area contributed by atoms with E-state index in [0.29, 0.717) is 17.5 Å². The van der Waals surface area contributed by atoms with E-state index in [-0.39, 0.29) is 5.41 Å². The second-order valence-electron chi connectivity index (χ2n) is 6.64. The molecule has 2 N–H and O–H groups in total. The molecule has 0 saturated heterocycles. The smallest absolute Gasteiger partial charge is 0.240 e. The van der Waals surface area contributed by atoms with Gasteiger partial charge < -0.3 is 5.32 Å². The zero-order chi connectivity index (χ0) is 15.5. The maximum Gasteiger partial charge on any atom is 0.240 e. The quantitative estimate of drug-likeness (QED) is 0.774. The second-order valence-corrected chi connectivity index (χ2v) is 8.40. The van der Waals surface area contributed by atoms with Crippen LogP contribution in [0.2, 0.25) is 0 Å². The summed E-state index contributed by atoms with van der Waals surface area (Å²) < 4.78 is 27.1. The molecule has 5 heteroatoms. The van der Waals surface area contributed by atoms with Crippen LogP contribution in [0.1, 0.15) is 39.2 Å². The Hall–Kier alpha value is -0.910. The Morgan fingerprint density at radius 3 is 2.33 bits per heavy atom. The third-order valence-electron chi connectivity index (χ3n) is 3.99. The first-order valence-electron chi connectivity index (χ1n) is 7.63. The standard InChI is InChI=1S/C16H26N2O2S/c1-13(2)17-11-8-14-4-6-15(7-5-14)21(19,20)18-12-16(3)9-10-16/h4-7,13,17-18H,8-12H2,1-3H3. The van der Waals surface area contributed by atoms with Gasteiger partial charge in [0.2, 0.25) is 10.0 Å². The molecule has 1 aromatic rings. The first kappa shape index (κ1) is 16.5. The van der Waals surface area contributed by atoms with Crippen molar-refractivity contribution in [3.05, 3.63) is 29.8 Å². The molecule has 0 radical (unpaired) electrons. The molecule has 118 valence electrons. The number of hydrogen-bond acceptors (Lipinski definition) is 3. The van der Waals surface area contributed by atoms with Crippen molar-refractivity contribution in [2.75, 3.05) is 13.1 Å². The summed E-state index contributed by atoms with van der Waals surface area (Å²) in [4.78, 5) is 0.354. The van der Waals surface area contributed by atoms with Crippen molar-refractivity contribution in [3.8, 4) is 0 Å². The molecule has 0 heterocycles. The summed E-state index contributed by atoms with van der Waals surface area (Å²) in [5, 5.41) is 3.35. The van der Waals surface area contributed by atoms with Crippen molar-refractivity contribution >= 4 is 10.0 Å². The Kier molecular flexibility index (Phi) is 5.07. The molecule has 1 aliphatic carbocycles. The van der Waals surface area contributed by atoms with Crippen molar-refractivity contribution < 1.29 is 8.42 Å². The number of sulfonamides is 1. The van der Waals surface area contributed by atoms with Crippen molar-refractivity contribution in [1.82, 2.24) is 10.0 Å². The van der Waals surface area contributed by atoms with Gasteiger partial charge in [0.1, 0.15) is 0 Å². The third kappa shape index (κ3) is 5.09. The van der Waals surface area contributed by atoms with E-state index in [1.165, 1.54) is 0 Å². The molecule has 1 aromatic carbocycles. The Bertz CT molecular complexity index is 560. The lowest BCUT2D eigenvalue weighted by molar-refractivity contribution is 0.530. The minimum absolute atomic E-state index is 0.176. The molecule has 0 spiro atoms. The van der Waals surface area contributed by atoms with Crippen LogP contribution < -0.4 is 10.0 Å². The summed E-state index contributed by atoms with van der Waals surface area (Å²) in [6, 6.07) is 7.66. The fourth-order valence-electron chi connectivity index (χ4n) is 2.08. The lowest BCUT2D eigenvalue weighted by Gasteiger charge is -2.11. The van der Waals surface area contributed by atoms with Crippen LogP contribution in [0.5, 0.6) is 0 Å². The molecule has 21 heavy (non-hydrogen) atoms. The van der Waals surface area contributed by atoms with Gasteiger partial charge in [0.25, 0.3) is 0 Å². The molecule has 1 saturated carbocycles. The molecule has 0 amide bonds. The van der Waals surface area contributed by atoms with Crippen molar-refractivity contribution in [2.45, 2.75) is 51.0 Å². The maximum atomic E-state index is 12.2. The maximum absolute atomic E-state index is 12.2. The van der Waals surface area contributed by atoms with Crippen molar-refractivity contribution in [2.24, 2.45) is 5.41 Å². The zero-order valence-electron chi connectivity index (χ0n) is 13.1. The molecule has 0 atom stereocenters. The Morgan fingerprint density at radius 2 is 1.81 bits per heavy atom. The highest BCUT2D eigenvalue weighted by atomic mass is 32.2. The first-order chi connectivity index (χ1) is 9.81. The SMILES string of the molecule is CC(C)NCCc1ccc(S(=O)(=O)NCC2(C)CC2)cc1. The van der Waals surface area contributed by atoms with Crippen LogP contribution in [0.4, 0.5) is 0 Å². The lowest BCUT2D eigenvalue weighted by atomic mass is 10.1. The van der Waals surface area contributed by atoms with Crippen LogP contribution in [0.3, 0.4) is 0 Å². The summed E-state index contributed by atoms with van der Waals surface area (Å²) in [7, 11) is -3.37. The normalized spacial score (nSPS) is 17.1. The van der Waals surface area contributed by atoms with E-state index in [1.54, 1.807) is 12.1 Å². The Balaban J connectivity index is 1.91. The highest BCUT2D eigenvalue weighted by Crippen LogP contribution is 2.44. The molecular weight excluding hydrogens is 284 g/mol. The van der Waals surface area contributed by atoms with Crippen LogP contribution in [0, 0.1) is 5.41 Å². The zero-order valence-corrected chi connectivity index (χ0v) is 14.0. The minimum atomic E-state index is -3.37. The highest BCUT2D eigenvalue weighted by molar-refractivity contribution is 7.89. The predicted octanol–water partition coefficient (Wildman–Crippen LogP) is 2.31. The summed E-state index contributed by atoms with van der Waals surface area (Å²) >= 11 is 0. The molecule has 0 aliphatic heterocycles. The van der Waals surface area contributed by atoms with Gasteiger partial charge in [-0.2, -0.15) is 0 Å². The van der Waals surface area contributed by atoms with Gasteiger partial charge in [-0.1, -0.05) is 32.9 Å². The number of nitrogens with one attached hydrogen (secondary N) is 2. The van der Waals surface area contributed by atoms with E-state index in [4.69, 9.17) is 0 Å². The molecular formula is C16H26N2O2S. The van der Waals surface area contributed by atoms with Gasteiger partial charge in [-0.05, 0) is 48.9 Å². The van der Waals surface area contributed by atoms with Crippen molar-refractivity contribution in [3.63, 3.8) is 0 Å². The van der Waals surface area contributed by atoms with Gasteiger partial charge in [0.15, 0.2) is 0 Å². The molecule has 0 aromatic heterocycles. The van der Waals surface area contributed by atoms with Gasteiger partial charge in [-0.3, -0.25) is 0 Å². The average Bonchev–Trinajstić information content (AvgIpc) is 3.16. The topological polar surface area (TPSA) is 58.2 Å². The second kappa shape index (κ2) is 6.46. The molecule has 1 aliphatic rings. The summed E-state index contributed by atoms with van der Waals surface area (Å²) in [6.45, 7) is 7.78. The average molecular weight is 310 g/mol. The molecule has 2 rings (SSSR count). The summed E-state index contributed by atoms with van der Waals surface area (Å²) in [5.41, 5.74) is 1.33. The van der Waals surface area contributed by atoms with Gasteiger partial charge in [-0.15, -0.1) is 0 Å². The van der Waals surface area contributed by atoms with Gasteiger partial charge in [0, 0.05) is 12.6 Å². The largest absolute Gasteiger partial charge is 0.314 e. The van der Waals surface area contributed by atoms with E-state index in [1.807, 2.05) is 12.1 Å². The van der Waals surface area contributed by atoms with Crippen molar-refractivity contribution in [1.29, 1.82) is 0 Å². The van der Waals surface area contributed by atoms with Crippen LogP contribution in [-0.2, 0) is 16.4 Å². The van der Waals surface area contributed by atoms with E-state index in [2.05, 4.69) is 30.8 Å². The number of hydrogen-bond donors (Lipinski definition) is 2. The lowest BCUT2D eigenvalue weighted by Crippen LogP contribution is -2.29. The minimum Gasteiger partial charge on any atom is -0.314 e. The summed E-state index contributed by atoms with van der Waals surface area (Å²) in [6.07, 6.45) is 3.12. The van der Waals surface area contributed by atoms with E-state index < -0.39 is 10.0 Å². The van der Waals surface area contributed by atoms with Crippen LogP contribution in [0.25, 0.3) is 0 Å². The van der Waals surface area contributed by atoms with Gasteiger partial charge in [-0.25, -0.2) is 13.1 Å². The number of benzene rings is 1. The highest BCUT2D eigenvalue weighted by Gasteiger charge is 2.38. The monoisotopic (exact) mass is 310 g/mol. The number of rotatable bonds is 8. The third-order valence-corrected chi connectivity index (χ3v) is 5.41. The molecule has 4 nitrogen and oxygen atoms in total. The summed E-state index contributed by atoms with van der Waals surface area (Å²) in [5.74, 6) is 0. The van der Waals surface area contributed by atoms with Crippen LogP contribution >= 0.6 is 0 Å². The van der Waals surface area contributed by atoms with Crippen LogP contribution in [0.15, 0.2) is 29.2 Å². The Morgan fingerprint density at radius 1 is 1.19 bits per heavy atom. The van der Waals surface area contributed by atoms with Gasteiger partial charge >= 0.3 is 0 Å². The van der Waals surface area contributed by atoms with E-state index >= 15 is 0 Å². The van der Waals surface area contributed by atoms with Crippen LogP contribution in [-0.4, -0.2) is 27.5 Å². The molecule has 0 bridgehead atoms. The van der Waals surface area contributed by atoms with E-state index in [0.717, 1.165) is 31.4 Å². The first-order valence-corrected chi connectivity index (χ1v) is 9.11. The molecule has 0 unspecified atom stereocenters. The molecule has 1 fully saturated rings.